The molecule has 1 aromatic rings. The van der Waals surface area contributed by atoms with Crippen LogP contribution in [0.4, 0.5) is 0 Å². The summed E-state index contributed by atoms with van der Waals surface area (Å²) in [7, 11) is 0. The fraction of sp³-hybridized carbons (Fsp3) is 0.500. The molecule has 1 aromatic heterocycles. The first-order chi connectivity index (χ1) is 7.11. The lowest BCUT2D eigenvalue weighted by Crippen LogP contribution is -2.26. The summed E-state index contributed by atoms with van der Waals surface area (Å²) in [4.78, 5) is 12.0. The van der Waals surface area contributed by atoms with Crippen LogP contribution in [0.5, 0.6) is 0 Å². The summed E-state index contributed by atoms with van der Waals surface area (Å²) in [6.45, 7) is 6.58. The minimum atomic E-state index is -0.00380. The zero-order valence-electron chi connectivity index (χ0n) is 9.50. The quantitative estimate of drug-likeness (QED) is 0.755. The van der Waals surface area contributed by atoms with Crippen molar-refractivity contribution in [3.63, 3.8) is 0 Å². The van der Waals surface area contributed by atoms with Crippen molar-refractivity contribution < 1.29 is 0 Å². The molecule has 15 heavy (non-hydrogen) atoms. The Labute approximate surface area is 90.0 Å². The average Bonchev–Trinajstić information content (AvgIpc) is 2.19. The first kappa shape index (κ1) is 11.5. The number of nitrogens with zero attached hydrogens (tertiary/aromatic N) is 2. The molecule has 0 amide bonds. The molecule has 0 saturated heterocycles. The Balaban J connectivity index is 3.37. The molecule has 3 heteroatoms. The van der Waals surface area contributed by atoms with Gasteiger partial charge in [-0.05, 0) is 31.9 Å². The molecule has 1 heterocycles. The van der Waals surface area contributed by atoms with E-state index in [1.54, 1.807) is 4.57 Å². The maximum atomic E-state index is 12.0. The highest BCUT2D eigenvalue weighted by Crippen LogP contribution is 2.07. The molecule has 0 spiro atoms. The van der Waals surface area contributed by atoms with Gasteiger partial charge in [0, 0.05) is 17.8 Å². The van der Waals surface area contributed by atoms with Gasteiger partial charge in [0.15, 0.2) is 0 Å². The number of aryl methyl sites for hydroxylation is 2. The molecule has 0 N–H and O–H groups in total. The van der Waals surface area contributed by atoms with Gasteiger partial charge in [-0.2, -0.15) is 5.26 Å². The van der Waals surface area contributed by atoms with Gasteiger partial charge < -0.3 is 4.57 Å². The zero-order valence-corrected chi connectivity index (χ0v) is 9.50. The minimum absolute atomic E-state index is 0.00380. The van der Waals surface area contributed by atoms with Crippen LogP contribution in [0.1, 0.15) is 30.2 Å². The molecule has 0 bridgehead atoms. The highest BCUT2D eigenvalue weighted by molar-refractivity contribution is 5.28. The lowest BCUT2D eigenvalue weighted by Gasteiger charge is -2.12. The van der Waals surface area contributed by atoms with Gasteiger partial charge in [-0.3, -0.25) is 4.79 Å². The summed E-state index contributed by atoms with van der Waals surface area (Å²) in [5.74, 6) is 0. The van der Waals surface area contributed by atoms with Crippen molar-refractivity contribution in [2.45, 2.75) is 40.2 Å². The predicted octanol–water partition coefficient (Wildman–Crippen LogP) is 1.94. The minimum Gasteiger partial charge on any atom is -0.313 e. The van der Waals surface area contributed by atoms with E-state index >= 15 is 0 Å². The predicted molar refractivity (Wildman–Crippen MR) is 59.8 cm³/mol. The van der Waals surface area contributed by atoms with Crippen LogP contribution in [0.2, 0.25) is 0 Å². The molecule has 0 aliphatic heterocycles. The number of nitriles is 1. The molecule has 0 aromatic carbocycles. The monoisotopic (exact) mass is 204 g/mol. The van der Waals surface area contributed by atoms with Crippen molar-refractivity contribution in [3.05, 3.63) is 33.2 Å². The van der Waals surface area contributed by atoms with Crippen LogP contribution in [0.25, 0.3) is 0 Å². The Kier molecular flexibility index (Phi) is 3.68. The molecule has 3 nitrogen and oxygen atoms in total. The Hall–Kier alpha value is -1.56. The molecule has 0 unspecified atom stereocenters. The van der Waals surface area contributed by atoms with Gasteiger partial charge in [-0.25, -0.2) is 0 Å². The topological polar surface area (TPSA) is 45.8 Å². The van der Waals surface area contributed by atoms with E-state index in [-0.39, 0.29) is 12.0 Å². The summed E-state index contributed by atoms with van der Waals surface area (Å²) < 4.78 is 1.75. The smallest absolute Gasteiger partial charge is 0.255 e. The zero-order chi connectivity index (χ0) is 11.4. The maximum absolute atomic E-state index is 12.0. The molecule has 0 radical (unpaired) electrons. The molecule has 0 aliphatic rings. The second kappa shape index (κ2) is 4.79. The lowest BCUT2D eigenvalue weighted by atomic mass is 10.1. The average molecular weight is 204 g/mol. The van der Waals surface area contributed by atoms with Gasteiger partial charge in [0.25, 0.3) is 5.56 Å². The Morgan fingerprint density at radius 3 is 2.67 bits per heavy atom. The van der Waals surface area contributed by atoms with Crippen LogP contribution >= 0.6 is 0 Å². The molecule has 0 fully saturated rings. The van der Waals surface area contributed by atoms with Crippen molar-refractivity contribution in [1.82, 2.24) is 4.57 Å². The van der Waals surface area contributed by atoms with Gasteiger partial charge in [0.05, 0.1) is 12.5 Å². The van der Waals surface area contributed by atoms with E-state index in [9.17, 15) is 4.79 Å². The SMILES string of the molecule is CCCn1c(C)cc(C)c(CC#N)c1=O. The normalized spacial score (nSPS) is 10.0. The molecule has 1 rings (SSSR count). The van der Waals surface area contributed by atoms with Gasteiger partial charge >= 0.3 is 0 Å². The number of hydrogen-bond donors (Lipinski definition) is 0. The molecular formula is C12H16N2O. The highest BCUT2D eigenvalue weighted by atomic mass is 16.1. The van der Waals surface area contributed by atoms with Gasteiger partial charge in [0.2, 0.25) is 0 Å². The Bertz CT molecular complexity index is 452. The summed E-state index contributed by atoms with van der Waals surface area (Å²) in [6, 6.07) is 4.02. The highest BCUT2D eigenvalue weighted by Gasteiger charge is 2.08. The summed E-state index contributed by atoms with van der Waals surface area (Å²) in [5.41, 5.74) is 2.53. The Morgan fingerprint density at radius 2 is 2.13 bits per heavy atom. The van der Waals surface area contributed by atoms with Crippen LogP contribution in [0, 0.1) is 25.2 Å². The first-order valence-electron chi connectivity index (χ1n) is 5.18. The molecular weight excluding hydrogens is 188 g/mol. The van der Waals surface area contributed by atoms with E-state index in [0.717, 1.165) is 24.2 Å². The van der Waals surface area contributed by atoms with Crippen LogP contribution in [0.15, 0.2) is 10.9 Å². The molecule has 0 atom stereocenters. The van der Waals surface area contributed by atoms with Crippen molar-refractivity contribution >= 4 is 0 Å². The third-order valence-electron chi connectivity index (χ3n) is 2.53. The lowest BCUT2D eigenvalue weighted by molar-refractivity contribution is 0.629. The third-order valence-corrected chi connectivity index (χ3v) is 2.53. The fourth-order valence-electron chi connectivity index (χ4n) is 1.77. The first-order valence-corrected chi connectivity index (χ1v) is 5.18. The standard InChI is InChI=1S/C12H16N2O/c1-4-7-14-10(3)8-9(2)11(5-6-13)12(14)15/h8H,4-5,7H2,1-3H3. The summed E-state index contributed by atoms with van der Waals surface area (Å²) >= 11 is 0. The Morgan fingerprint density at radius 1 is 1.47 bits per heavy atom. The van der Waals surface area contributed by atoms with E-state index in [1.807, 2.05) is 32.9 Å². The number of rotatable bonds is 3. The molecule has 0 saturated carbocycles. The second-order valence-electron chi connectivity index (χ2n) is 3.74. The van der Waals surface area contributed by atoms with Crippen molar-refractivity contribution in [1.29, 1.82) is 5.26 Å². The van der Waals surface area contributed by atoms with Crippen molar-refractivity contribution in [2.24, 2.45) is 0 Å². The largest absolute Gasteiger partial charge is 0.313 e. The summed E-state index contributed by atoms with van der Waals surface area (Å²) in [6.07, 6.45) is 1.13. The van der Waals surface area contributed by atoms with Gasteiger partial charge in [-0.1, -0.05) is 6.92 Å². The summed E-state index contributed by atoms with van der Waals surface area (Å²) in [5, 5.41) is 8.66. The molecule has 80 valence electrons. The van der Waals surface area contributed by atoms with Crippen LogP contribution in [-0.2, 0) is 13.0 Å². The number of pyridine rings is 1. The van der Waals surface area contributed by atoms with Crippen LogP contribution in [-0.4, -0.2) is 4.57 Å². The van der Waals surface area contributed by atoms with Gasteiger partial charge in [-0.15, -0.1) is 0 Å². The van der Waals surface area contributed by atoms with E-state index in [4.69, 9.17) is 5.26 Å². The van der Waals surface area contributed by atoms with E-state index in [2.05, 4.69) is 0 Å². The van der Waals surface area contributed by atoms with E-state index in [0.29, 0.717) is 5.56 Å². The van der Waals surface area contributed by atoms with Crippen LogP contribution in [0.3, 0.4) is 0 Å². The number of hydrogen-bond acceptors (Lipinski definition) is 2. The number of aromatic nitrogens is 1. The molecule has 0 aliphatic carbocycles. The van der Waals surface area contributed by atoms with E-state index in [1.165, 1.54) is 0 Å². The van der Waals surface area contributed by atoms with Crippen molar-refractivity contribution in [3.8, 4) is 6.07 Å². The van der Waals surface area contributed by atoms with Gasteiger partial charge in [0.1, 0.15) is 0 Å². The maximum Gasteiger partial charge on any atom is 0.255 e. The second-order valence-corrected chi connectivity index (χ2v) is 3.74. The van der Waals surface area contributed by atoms with E-state index < -0.39 is 0 Å². The third kappa shape index (κ3) is 2.27. The fourth-order valence-corrected chi connectivity index (χ4v) is 1.77. The van der Waals surface area contributed by atoms with Crippen molar-refractivity contribution in [2.75, 3.05) is 0 Å². The van der Waals surface area contributed by atoms with Crippen LogP contribution < -0.4 is 5.56 Å².